The van der Waals surface area contributed by atoms with E-state index in [0.29, 0.717) is 17.9 Å². The van der Waals surface area contributed by atoms with E-state index in [1.54, 1.807) is 24.3 Å². The number of aliphatic carboxylic acids is 1. The molecule has 2 rings (SSSR count). The Morgan fingerprint density at radius 3 is 2.77 bits per heavy atom. The minimum atomic E-state index is -1.02. The first-order chi connectivity index (χ1) is 10.6. The van der Waals surface area contributed by atoms with Crippen molar-refractivity contribution in [1.29, 1.82) is 0 Å². The van der Waals surface area contributed by atoms with Crippen LogP contribution in [0.3, 0.4) is 0 Å². The van der Waals surface area contributed by atoms with E-state index in [1.807, 2.05) is 11.8 Å². The van der Waals surface area contributed by atoms with Crippen molar-refractivity contribution < 1.29 is 19.4 Å². The number of thioether (sulfide) groups is 1. The van der Waals surface area contributed by atoms with Crippen LogP contribution in [0.5, 0.6) is 5.75 Å². The van der Waals surface area contributed by atoms with Crippen LogP contribution in [0.25, 0.3) is 0 Å². The number of rotatable bonds is 6. The van der Waals surface area contributed by atoms with Crippen molar-refractivity contribution >= 4 is 23.6 Å². The first kappa shape index (κ1) is 16.6. The first-order valence-electron chi connectivity index (χ1n) is 7.08. The lowest BCUT2D eigenvalue weighted by molar-refractivity contribution is -0.139. The molecule has 0 aliphatic carbocycles. The zero-order chi connectivity index (χ0) is 15.9. The van der Waals surface area contributed by atoms with Crippen molar-refractivity contribution in [3.8, 4) is 5.75 Å². The van der Waals surface area contributed by atoms with Crippen molar-refractivity contribution in [2.24, 2.45) is 0 Å². The molecule has 1 saturated heterocycles. The van der Waals surface area contributed by atoms with Gasteiger partial charge in [-0.05, 0) is 18.2 Å². The molecule has 7 heteroatoms. The second-order valence-electron chi connectivity index (χ2n) is 5.01. The van der Waals surface area contributed by atoms with Gasteiger partial charge in [0.05, 0.1) is 7.11 Å². The average molecular weight is 324 g/mol. The summed E-state index contributed by atoms with van der Waals surface area (Å²) < 4.78 is 5.07. The van der Waals surface area contributed by atoms with Gasteiger partial charge in [0, 0.05) is 36.7 Å². The number of carboxylic acids is 1. The summed E-state index contributed by atoms with van der Waals surface area (Å²) in [7, 11) is 1.52. The molecule has 0 unspecified atom stereocenters. The summed E-state index contributed by atoms with van der Waals surface area (Å²) >= 11 is 1.86. The molecule has 1 aromatic rings. The van der Waals surface area contributed by atoms with Gasteiger partial charge in [0.15, 0.2) is 0 Å². The van der Waals surface area contributed by atoms with Crippen molar-refractivity contribution in [2.45, 2.75) is 6.04 Å². The van der Waals surface area contributed by atoms with Crippen LogP contribution in [0.1, 0.15) is 10.4 Å². The van der Waals surface area contributed by atoms with Gasteiger partial charge in [-0.15, -0.1) is 0 Å². The molecule has 6 nitrogen and oxygen atoms in total. The second-order valence-corrected chi connectivity index (χ2v) is 6.23. The lowest BCUT2D eigenvalue weighted by atomic mass is 10.1. The lowest BCUT2D eigenvalue weighted by Crippen LogP contribution is -2.50. The number of benzene rings is 1. The van der Waals surface area contributed by atoms with Crippen LogP contribution in [0.15, 0.2) is 24.3 Å². The molecule has 1 fully saturated rings. The first-order valence-corrected chi connectivity index (χ1v) is 8.23. The van der Waals surface area contributed by atoms with Gasteiger partial charge in [0.2, 0.25) is 0 Å². The minimum absolute atomic E-state index is 0.325. The molecule has 0 aromatic heterocycles. The number of carbonyl (C=O) groups excluding carboxylic acids is 1. The highest BCUT2D eigenvalue weighted by Gasteiger charge is 2.24. The fourth-order valence-corrected chi connectivity index (χ4v) is 3.21. The Labute approximate surface area is 133 Å². The number of ether oxygens (including phenoxy) is 1. The van der Waals surface area contributed by atoms with Crippen LogP contribution in [-0.2, 0) is 4.79 Å². The van der Waals surface area contributed by atoms with Gasteiger partial charge in [-0.2, -0.15) is 11.8 Å². The quantitative estimate of drug-likeness (QED) is 0.810. The van der Waals surface area contributed by atoms with Gasteiger partial charge < -0.3 is 15.2 Å². The van der Waals surface area contributed by atoms with Crippen molar-refractivity contribution in [2.75, 3.05) is 38.2 Å². The minimum Gasteiger partial charge on any atom is -0.497 e. The summed E-state index contributed by atoms with van der Waals surface area (Å²) in [4.78, 5) is 25.7. The maximum atomic E-state index is 12.2. The highest BCUT2D eigenvalue weighted by molar-refractivity contribution is 7.99. The number of hydrogen-bond donors (Lipinski definition) is 2. The molecule has 0 bridgehead atoms. The van der Waals surface area contributed by atoms with Gasteiger partial charge in [0.25, 0.3) is 5.91 Å². The van der Waals surface area contributed by atoms with Gasteiger partial charge in [-0.25, -0.2) is 4.79 Å². The van der Waals surface area contributed by atoms with Crippen LogP contribution in [-0.4, -0.2) is 66.2 Å². The van der Waals surface area contributed by atoms with Crippen LogP contribution >= 0.6 is 11.8 Å². The maximum absolute atomic E-state index is 12.2. The third-order valence-electron chi connectivity index (χ3n) is 3.48. The van der Waals surface area contributed by atoms with E-state index in [9.17, 15) is 14.7 Å². The molecule has 120 valence electrons. The summed E-state index contributed by atoms with van der Waals surface area (Å²) in [5.41, 5.74) is 0.389. The summed E-state index contributed by atoms with van der Waals surface area (Å²) in [6.45, 7) is 2.03. The van der Waals surface area contributed by atoms with Crippen LogP contribution in [0.4, 0.5) is 0 Å². The Kier molecular flexibility index (Phi) is 6.09. The predicted molar refractivity (Wildman–Crippen MR) is 85.6 cm³/mol. The molecule has 1 amide bonds. The van der Waals surface area contributed by atoms with Gasteiger partial charge in [-0.3, -0.25) is 9.69 Å². The molecule has 1 aliphatic heterocycles. The summed E-state index contributed by atoms with van der Waals surface area (Å²) in [5, 5.41) is 11.9. The summed E-state index contributed by atoms with van der Waals surface area (Å²) in [6, 6.07) is 5.74. The smallest absolute Gasteiger partial charge is 0.327 e. The van der Waals surface area contributed by atoms with Gasteiger partial charge in [-0.1, -0.05) is 6.07 Å². The van der Waals surface area contributed by atoms with Gasteiger partial charge in [0.1, 0.15) is 11.8 Å². The van der Waals surface area contributed by atoms with E-state index < -0.39 is 17.9 Å². The highest BCUT2D eigenvalue weighted by Crippen LogP contribution is 2.13. The number of carboxylic acid groups (broad SMARTS) is 1. The van der Waals surface area contributed by atoms with Crippen molar-refractivity contribution in [3.05, 3.63) is 29.8 Å². The van der Waals surface area contributed by atoms with E-state index >= 15 is 0 Å². The van der Waals surface area contributed by atoms with Crippen molar-refractivity contribution in [1.82, 2.24) is 10.2 Å². The number of nitrogens with zero attached hydrogens (tertiary/aromatic N) is 1. The largest absolute Gasteiger partial charge is 0.497 e. The molecule has 0 radical (unpaired) electrons. The normalized spacial score (nSPS) is 16.8. The summed E-state index contributed by atoms with van der Waals surface area (Å²) in [5.74, 6) is 1.13. The van der Waals surface area contributed by atoms with Crippen LogP contribution < -0.4 is 10.1 Å². The Hall–Kier alpha value is -1.73. The molecule has 1 aliphatic rings. The number of nitrogens with one attached hydrogen (secondary N) is 1. The third kappa shape index (κ3) is 4.64. The fraction of sp³-hybridized carbons (Fsp3) is 0.467. The molecule has 1 aromatic carbocycles. The van der Waals surface area contributed by atoms with Crippen LogP contribution in [0.2, 0.25) is 0 Å². The maximum Gasteiger partial charge on any atom is 0.327 e. The van der Waals surface area contributed by atoms with Gasteiger partial charge >= 0.3 is 5.97 Å². The predicted octanol–water partition coefficient (Wildman–Crippen LogP) is 0.927. The van der Waals surface area contributed by atoms with E-state index in [2.05, 4.69) is 10.2 Å². The monoisotopic (exact) mass is 324 g/mol. The molecule has 0 saturated carbocycles. The molecule has 1 heterocycles. The molecular weight excluding hydrogens is 304 g/mol. The topological polar surface area (TPSA) is 78.9 Å². The Bertz CT molecular complexity index is 532. The number of carbonyl (C=O) groups is 2. The van der Waals surface area contributed by atoms with E-state index in [0.717, 1.165) is 24.6 Å². The fourth-order valence-electron chi connectivity index (χ4n) is 2.23. The molecule has 2 N–H and O–H groups in total. The van der Waals surface area contributed by atoms with E-state index in [1.165, 1.54) is 7.11 Å². The average Bonchev–Trinajstić information content (AvgIpc) is 2.55. The highest BCUT2D eigenvalue weighted by atomic mass is 32.2. The Balaban J connectivity index is 2.00. The zero-order valence-electron chi connectivity index (χ0n) is 12.4. The summed E-state index contributed by atoms with van der Waals surface area (Å²) in [6.07, 6.45) is 0. The van der Waals surface area contributed by atoms with E-state index in [-0.39, 0.29) is 0 Å². The second kappa shape index (κ2) is 8.05. The Morgan fingerprint density at radius 2 is 2.14 bits per heavy atom. The molecular formula is C15H20N2O4S. The molecule has 22 heavy (non-hydrogen) atoms. The van der Waals surface area contributed by atoms with Crippen LogP contribution in [0, 0.1) is 0 Å². The SMILES string of the molecule is COc1cccc(C(=O)N[C@@H](CN2CCSCC2)C(=O)O)c1. The third-order valence-corrected chi connectivity index (χ3v) is 4.42. The lowest BCUT2D eigenvalue weighted by Gasteiger charge is -2.28. The van der Waals surface area contributed by atoms with Crippen molar-refractivity contribution in [3.63, 3.8) is 0 Å². The molecule has 1 atom stereocenters. The number of methoxy groups -OCH3 is 1. The number of amides is 1. The number of hydrogen-bond acceptors (Lipinski definition) is 5. The standard InChI is InChI=1S/C15H20N2O4S/c1-21-12-4-2-3-11(9-12)14(18)16-13(15(19)20)10-17-5-7-22-8-6-17/h2-4,9,13H,5-8,10H2,1H3,(H,16,18)(H,19,20)/t13-/m0/s1. The Morgan fingerprint density at radius 1 is 1.41 bits per heavy atom. The van der Waals surface area contributed by atoms with E-state index in [4.69, 9.17) is 4.74 Å². The molecule has 0 spiro atoms. The zero-order valence-corrected chi connectivity index (χ0v) is 13.3.